The number of nitrogens with one attached hydrogen (secondary N) is 1. The van der Waals surface area contributed by atoms with Crippen LogP contribution in [-0.2, 0) is 11.5 Å². The second-order valence-corrected chi connectivity index (χ2v) is 7.25. The minimum atomic E-state index is -0.138. The minimum Gasteiger partial charge on any atom is -0.301 e. The molecule has 1 aromatic heterocycles. The Hall–Kier alpha value is -2.49. The van der Waals surface area contributed by atoms with Gasteiger partial charge in [0.25, 0.3) is 5.56 Å². The van der Waals surface area contributed by atoms with Gasteiger partial charge in [-0.05, 0) is 29.8 Å². The van der Waals surface area contributed by atoms with Crippen molar-refractivity contribution in [2.75, 3.05) is 0 Å². The number of thioether (sulfide) groups is 2. The summed E-state index contributed by atoms with van der Waals surface area (Å²) in [5, 5.41) is 9.44. The number of H-pyrrole nitrogens is 1. The highest BCUT2D eigenvalue weighted by molar-refractivity contribution is 7.98. The molecule has 4 nitrogen and oxygen atoms in total. The molecule has 0 aliphatic rings. The van der Waals surface area contributed by atoms with Crippen LogP contribution in [0.5, 0.6) is 0 Å². The average Bonchev–Trinajstić information content (AvgIpc) is 2.66. The Kier molecular flexibility index (Phi) is 5.94. The van der Waals surface area contributed by atoms with E-state index in [0.717, 1.165) is 16.2 Å². The van der Waals surface area contributed by atoms with Crippen LogP contribution in [-0.4, -0.2) is 9.97 Å². The normalized spacial score (nSPS) is 10.4. The van der Waals surface area contributed by atoms with Gasteiger partial charge in [0, 0.05) is 22.5 Å². The molecular formula is C19H15N3OS2. The Morgan fingerprint density at radius 2 is 1.76 bits per heavy atom. The van der Waals surface area contributed by atoms with Gasteiger partial charge in [0.15, 0.2) is 5.16 Å². The van der Waals surface area contributed by atoms with Crippen molar-refractivity contribution in [3.8, 4) is 6.07 Å². The molecule has 0 radical (unpaired) electrons. The first-order valence-electron chi connectivity index (χ1n) is 7.63. The van der Waals surface area contributed by atoms with Crippen molar-refractivity contribution in [1.29, 1.82) is 5.26 Å². The number of aromatic amines is 1. The number of aromatic nitrogens is 2. The van der Waals surface area contributed by atoms with Crippen LogP contribution >= 0.6 is 23.5 Å². The Morgan fingerprint density at radius 3 is 2.48 bits per heavy atom. The molecule has 0 atom stereocenters. The molecule has 0 unspecified atom stereocenters. The molecule has 2 aromatic carbocycles. The van der Waals surface area contributed by atoms with E-state index >= 15 is 0 Å². The van der Waals surface area contributed by atoms with Crippen LogP contribution in [0.2, 0.25) is 0 Å². The predicted molar refractivity (Wildman–Crippen MR) is 102 cm³/mol. The summed E-state index contributed by atoms with van der Waals surface area (Å²) in [5.74, 6) is 1.34. The lowest BCUT2D eigenvalue weighted by molar-refractivity contribution is 0.899. The van der Waals surface area contributed by atoms with E-state index in [2.05, 4.69) is 16.0 Å². The average molecular weight is 365 g/mol. The second kappa shape index (κ2) is 8.56. The third kappa shape index (κ3) is 5.24. The van der Waals surface area contributed by atoms with Crippen LogP contribution in [0.1, 0.15) is 16.8 Å². The van der Waals surface area contributed by atoms with E-state index in [1.807, 2.05) is 42.5 Å². The highest BCUT2D eigenvalue weighted by Gasteiger charge is 2.04. The Morgan fingerprint density at radius 1 is 1.00 bits per heavy atom. The number of hydrogen-bond donors (Lipinski definition) is 1. The zero-order valence-corrected chi connectivity index (χ0v) is 14.9. The van der Waals surface area contributed by atoms with E-state index in [1.54, 1.807) is 30.0 Å². The molecule has 3 rings (SSSR count). The smallest absolute Gasteiger partial charge is 0.251 e. The van der Waals surface area contributed by atoms with E-state index in [0.29, 0.717) is 22.2 Å². The maximum atomic E-state index is 11.9. The summed E-state index contributed by atoms with van der Waals surface area (Å²) in [5.41, 5.74) is 2.34. The van der Waals surface area contributed by atoms with Gasteiger partial charge in [-0.3, -0.25) is 4.79 Å². The second-order valence-electron chi connectivity index (χ2n) is 5.24. The van der Waals surface area contributed by atoms with Gasteiger partial charge in [-0.2, -0.15) is 5.26 Å². The van der Waals surface area contributed by atoms with Gasteiger partial charge in [-0.15, -0.1) is 11.8 Å². The molecule has 1 N–H and O–H groups in total. The summed E-state index contributed by atoms with van der Waals surface area (Å²) >= 11 is 3.13. The van der Waals surface area contributed by atoms with E-state index in [-0.39, 0.29) is 5.56 Å². The fourth-order valence-corrected chi connectivity index (χ4v) is 3.79. The van der Waals surface area contributed by atoms with Crippen molar-refractivity contribution < 1.29 is 0 Å². The fourth-order valence-electron chi connectivity index (χ4n) is 2.13. The Labute approximate surface area is 154 Å². The van der Waals surface area contributed by atoms with Gasteiger partial charge in [0.2, 0.25) is 0 Å². The molecule has 6 heteroatoms. The van der Waals surface area contributed by atoms with Crippen molar-refractivity contribution >= 4 is 23.5 Å². The van der Waals surface area contributed by atoms with E-state index < -0.39 is 0 Å². The molecule has 0 spiro atoms. The highest BCUT2D eigenvalue weighted by Crippen LogP contribution is 2.23. The molecule has 0 fully saturated rings. The first-order chi connectivity index (χ1) is 12.2. The topological polar surface area (TPSA) is 69.5 Å². The summed E-state index contributed by atoms with van der Waals surface area (Å²) < 4.78 is 0. The molecule has 0 saturated carbocycles. The first kappa shape index (κ1) is 17.3. The number of hydrogen-bond acceptors (Lipinski definition) is 5. The van der Waals surface area contributed by atoms with Gasteiger partial charge in [-0.25, -0.2) is 4.98 Å². The highest BCUT2D eigenvalue weighted by atomic mass is 32.2. The fraction of sp³-hybridized carbons (Fsp3) is 0.105. The van der Waals surface area contributed by atoms with Gasteiger partial charge >= 0.3 is 0 Å². The SMILES string of the molecule is N#Cc1ccc(CSc2nc(CSc3ccccc3)cc(=O)[nH]2)cc1. The molecule has 3 aromatic rings. The lowest BCUT2D eigenvalue weighted by atomic mass is 10.2. The summed E-state index contributed by atoms with van der Waals surface area (Å²) in [4.78, 5) is 20.3. The third-order valence-corrected chi connectivity index (χ3v) is 5.35. The molecule has 0 bridgehead atoms. The quantitative estimate of drug-likeness (QED) is 0.523. The van der Waals surface area contributed by atoms with E-state index in [4.69, 9.17) is 5.26 Å². The van der Waals surface area contributed by atoms with E-state index in [1.165, 1.54) is 11.8 Å². The molecule has 0 aliphatic heterocycles. The Bertz CT molecular complexity index is 931. The van der Waals surface area contributed by atoms with E-state index in [9.17, 15) is 4.79 Å². The largest absolute Gasteiger partial charge is 0.301 e. The number of nitrogens with zero attached hydrogens (tertiary/aromatic N) is 2. The van der Waals surface area contributed by atoms with Crippen LogP contribution in [0.15, 0.2) is 75.5 Å². The van der Waals surface area contributed by atoms with Crippen molar-refractivity contribution in [1.82, 2.24) is 9.97 Å². The zero-order valence-electron chi connectivity index (χ0n) is 13.3. The van der Waals surface area contributed by atoms with Crippen LogP contribution in [0.25, 0.3) is 0 Å². The third-order valence-electron chi connectivity index (χ3n) is 3.36. The summed E-state index contributed by atoms with van der Waals surface area (Å²) in [6.07, 6.45) is 0. The molecule has 0 saturated heterocycles. The molecule has 25 heavy (non-hydrogen) atoms. The van der Waals surface area contributed by atoms with Gasteiger partial charge in [0.1, 0.15) is 0 Å². The summed E-state index contributed by atoms with van der Waals surface area (Å²) in [7, 11) is 0. The molecule has 124 valence electrons. The number of nitriles is 1. The maximum Gasteiger partial charge on any atom is 0.251 e. The van der Waals surface area contributed by atoms with Gasteiger partial charge < -0.3 is 4.98 Å². The summed E-state index contributed by atoms with van der Waals surface area (Å²) in [6, 6.07) is 21.1. The lowest BCUT2D eigenvalue weighted by Crippen LogP contribution is -2.09. The van der Waals surface area contributed by atoms with Crippen molar-refractivity contribution in [2.45, 2.75) is 21.6 Å². The van der Waals surface area contributed by atoms with Gasteiger partial charge in [-0.1, -0.05) is 42.1 Å². The lowest BCUT2D eigenvalue weighted by Gasteiger charge is -2.05. The number of benzene rings is 2. The van der Waals surface area contributed by atoms with Crippen molar-refractivity contribution in [3.05, 3.63) is 87.8 Å². The Balaban J connectivity index is 1.64. The maximum absolute atomic E-state index is 11.9. The first-order valence-corrected chi connectivity index (χ1v) is 9.60. The zero-order chi connectivity index (χ0) is 17.5. The monoisotopic (exact) mass is 365 g/mol. The van der Waals surface area contributed by atoms with Crippen LogP contribution in [0, 0.1) is 11.3 Å². The molecular weight excluding hydrogens is 350 g/mol. The molecule has 0 aliphatic carbocycles. The van der Waals surface area contributed by atoms with Crippen molar-refractivity contribution in [3.63, 3.8) is 0 Å². The summed E-state index contributed by atoms with van der Waals surface area (Å²) in [6.45, 7) is 0. The van der Waals surface area contributed by atoms with Crippen LogP contribution < -0.4 is 5.56 Å². The van der Waals surface area contributed by atoms with Crippen LogP contribution in [0.4, 0.5) is 0 Å². The van der Waals surface area contributed by atoms with Crippen LogP contribution in [0.3, 0.4) is 0 Å². The standard InChI is InChI=1S/C19H15N3OS2/c20-11-14-6-8-15(9-7-14)12-25-19-21-16(10-18(23)22-19)13-24-17-4-2-1-3-5-17/h1-10H,12-13H2,(H,21,22,23). The molecule has 1 heterocycles. The molecule has 0 amide bonds. The number of rotatable bonds is 6. The van der Waals surface area contributed by atoms with Gasteiger partial charge in [0.05, 0.1) is 17.3 Å². The predicted octanol–water partition coefficient (Wildman–Crippen LogP) is 4.23. The minimum absolute atomic E-state index is 0.138. The van der Waals surface area contributed by atoms with Crippen molar-refractivity contribution in [2.24, 2.45) is 0 Å².